The highest BCUT2D eigenvalue weighted by molar-refractivity contribution is 5.85. The summed E-state index contributed by atoms with van der Waals surface area (Å²) in [6, 6.07) is 10.1. The summed E-state index contributed by atoms with van der Waals surface area (Å²) >= 11 is 0. The van der Waals surface area contributed by atoms with Gasteiger partial charge in [0.15, 0.2) is 6.29 Å². The Morgan fingerprint density at radius 1 is 1.25 bits per heavy atom. The van der Waals surface area contributed by atoms with Crippen LogP contribution < -0.4 is 0 Å². The number of benzene rings is 1. The fraction of sp³-hybridized carbons (Fsp3) is 0.231. The summed E-state index contributed by atoms with van der Waals surface area (Å²) in [6.45, 7) is 4.10. The molecule has 3 nitrogen and oxygen atoms in total. The Labute approximate surface area is 94.7 Å². The first kappa shape index (κ1) is 10.6. The van der Waals surface area contributed by atoms with Crippen LogP contribution in [0, 0.1) is 0 Å². The molecule has 0 aliphatic rings. The molecule has 0 atom stereocenters. The molecular weight excluding hydrogens is 200 g/mol. The Bertz CT molecular complexity index is 486. The van der Waals surface area contributed by atoms with E-state index in [1.807, 2.05) is 48.9 Å². The van der Waals surface area contributed by atoms with Crippen molar-refractivity contribution in [2.75, 3.05) is 0 Å². The smallest absolute Gasteiger partial charge is 0.153 e. The second kappa shape index (κ2) is 4.31. The first-order valence-electron chi connectivity index (χ1n) is 5.32. The van der Waals surface area contributed by atoms with Crippen molar-refractivity contribution in [3.63, 3.8) is 0 Å². The average molecular weight is 214 g/mol. The number of hydrogen-bond acceptors (Lipinski definition) is 2. The van der Waals surface area contributed by atoms with Crippen LogP contribution in [0.1, 0.15) is 30.2 Å². The molecule has 3 heteroatoms. The molecule has 2 aromatic rings. The van der Waals surface area contributed by atoms with Gasteiger partial charge in [0, 0.05) is 11.6 Å². The molecule has 2 rings (SSSR count). The fourth-order valence-electron chi connectivity index (χ4n) is 1.75. The Morgan fingerprint density at radius 3 is 2.50 bits per heavy atom. The summed E-state index contributed by atoms with van der Waals surface area (Å²) < 4.78 is 1.87. The van der Waals surface area contributed by atoms with Gasteiger partial charge in [-0.25, -0.2) is 0 Å². The van der Waals surface area contributed by atoms with Crippen LogP contribution in [0.5, 0.6) is 0 Å². The highest BCUT2D eigenvalue weighted by Gasteiger charge is 2.13. The number of aldehydes is 1. The molecule has 1 aromatic heterocycles. The highest BCUT2D eigenvalue weighted by Crippen LogP contribution is 2.24. The van der Waals surface area contributed by atoms with Gasteiger partial charge in [0.05, 0.1) is 17.5 Å². The predicted octanol–water partition coefficient (Wildman–Crippen LogP) is 2.94. The summed E-state index contributed by atoms with van der Waals surface area (Å²) in [6.07, 6.45) is 2.48. The quantitative estimate of drug-likeness (QED) is 0.736. The molecule has 0 saturated heterocycles. The van der Waals surface area contributed by atoms with E-state index < -0.39 is 0 Å². The lowest BCUT2D eigenvalue weighted by molar-refractivity contribution is 0.112. The van der Waals surface area contributed by atoms with Crippen molar-refractivity contribution in [3.8, 4) is 11.3 Å². The van der Waals surface area contributed by atoms with Gasteiger partial charge in [0.1, 0.15) is 0 Å². The van der Waals surface area contributed by atoms with Gasteiger partial charge in [-0.05, 0) is 13.8 Å². The maximum atomic E-state index is 11.0. The van der Waals surface area contributed by atoms with Crippen LogP contribution in [0.3, 0.4) is 0 Å². The van der Waals surface area contributed by atoms with Gasteiger partial charge in [-0.2, -0.15) is 5.10 Å². The van der Waals surface area contributed by atoms with Gasteiger partial charge in [-0.15, -0.1) is 0 Å². The topological polar surface area (TPSA) is 34.9 Å². The van der Waals surface area contributed by atoms with E-state index in [9.17, 15) is 4.79 Å². The minimum atomic E-state index is 0.240. The van der Waals surface area contributed by atoms with Crippen LogP contribution in [-0.2, 0) is 0 Å². The van der Waals surface area contributed by atoms with E-state index >= 15 is 0 Å². The molecule has 0 unspecified atom stereocenters. The van der Waals surface area contributed by atoms with Crippen molar-refractivity contribution < 1.29 is 4.79 Å². The Morgan fingerprint density at radius 2 is 1.94 bits per heavy atom. The molecule has 0 bridgehead atoms. The zero-order chi connectivity index (χ0) is 11.5. The van der Waals surface area contributed by atoms with E-state index in [-0.39, 0.29) is 6.04 Å². The van der Waals surface area contributed by atoms with Crippen LogP contribution in [0.4, 0.5) is 0 Å². The molecule has 16 heavy (non-hydrogen) atoms. The van der Waals surface area contributed by atoms with Crippen molar-refractivity contribution >= 4 is 6.29 Å². The number of hydrogen-bond donors (Lipinski definition) is 0. The third kappa shape index (κ3) is 1.76. The van der Waals surface area contributed by atoms with Gasteiger partial charge >= 0.3 is 0 Å². The lowest BCUT2D eigenvalue weighted by Crippen LogP contribution is -2.05. The number of carbonyl (C=O) groups excluding carboxylic acids is 1. The predicted molar refractivity (Wildman–Crippen MR) is 63.4 cm³/mol. The van der Waals surface area contributed by atoms with E-state index in [1.54, 1.807) is 6.20 Å². The molecule has 0 radical (unpaired) electrons. The van der Waals surface area contributed by atoms with Crippen molar-refractivity contribution in [2.24, 2.45) is 0 Å². The van der Waals surface area contributed by atoms with Crippen molar-refractivity contribution in [1.82, 2.24) is 9.78 Å². The lowest BCUT2D eigenvalue weighted by atomic mass is 10.1. The number of nitrogens with zero attached hydrogens (tertiary/aromatic N) is 2. The molecule has 0 amide bonds. The van der Waals surface area contributed by atoms with Crippen LogP contribution in [-0.4, -0.2) is 16.1 Å². The number of aromatic nitrogens is 2. The van der Waals surface area contributed by atoms with Gasteiger partial charge in [-0.1, -0.05) is 30.3 Å². The van der Waals surface area contributed by atoms with Crippen molar-refractivity contribution in [1.29, 1.82) is 0 Å². The molecule has 1 aromatic carbocycles. The number of rotatable bonds is 3. The van der Waals surface area contributed by atoms with Crippen LogP contribution >= 0.6 is 0 Å². The molecule has 0 aliphatic heterocycles. The van der Waals surface area contributed by atoms with Gasteiger partial charge in [-0.3, -0.25) is 9.48 Å². The largest absolute Gasteiger partial charge is 0.298 e. The Balaban J connectivity index is 2.61. The summed E-state index contributed by atoms with van der Waals surface area (Å²) in [5.74, 6) is 0. The van der Waals surface area contributed by atoms with Crippen LogP contribution in [0.25, 0.3) is 11.3 Å². The van der Waals surface area contributed by atoms with Gasteiger partial charge < -0.3 is 0 Å². The maximum Gasteiger partial charge on any atom is 0.153 e. The minimum Gasteiger partial charge on any atom is -0.298 e. The maximum absolute atomic E-state index is 11.0. The van der Waals surface area contributed by atoms with Gasteiger partial charge in [0.2, 0.25) is 0 Å². The van der Waals surface area contributed by atoms with E-state index in [2.05, 4.69) is 5.10 Å². The van der Waals surface area contributed by atoms with Crippen molar-refractivity contribution in [2.45, 2.75) is 19.9 Å². The van der Waals surface area contributed by atoms with E-state index in [1.165, 1.54) is 0 Å². The highest BCUT2D eigenvalue weighted by atomic mass is 16.1. The second-order valence-electron chi connectivity index (χ2n) is 3.97. The summed E-state index contributed by atoms with van der Waals surface area (Å²) in [5, 5.41) is 4.25. The zero-order valence-electron chi connectivity index (χ0n) is 9.42. The summed E-state index contributed by atoms with van der Waals surface area (Å²) in [4.78, 5) is 11.0. The van der Waals surface area contributed by atoms with E-state index in [0.717, 1.165) is 17.5 Å². The number of carbonyl (C=O) groups is 1. The molecule has 0 aliphatic carbocycles. The monoisotopic (exact) mass is 214 g/mol. The first-order chi connectivity index (χ1) is 7.74. The summed E-state index contributed by atoms with van der Waals surface area (Å²) in [5.41, 5.74) is 2.56. The SMILES string of the molecule is CC(C)n1ncc(C=O)c1-c1ccccc1. The van der Waals surface area contributed by atoms with Crippen molar-refractivity contribution in [3.05, 3.63) is 42.1 Å². The third-order valence-electron chi connectivity index (χ3n) is 2.49. The van der Waals surface area contributed by atoms with Crippen LogP contribution in [0.15, 0.2) is 36.5 Å². The van der Waals surface area contributed by atoms with E-state index in [0.29, 0.717) is 5.56 Å². The molecule has 0 fully saturated rings. The van der Waals surface area contributed by atoms with Gasteiger partial charge in [0.25, 0.3) is 0 Å². The lowest BCUT2D eigenvalue weighted by Gasteiger charge is -2.11. The Hall–Kier alpha value is -1.90. The molecule has 82 valence electrons. The second-order valence-corrected chi connectivity index (χ2v) is 3.97. The molecule has 0 N–H and O–H groups in total. The third-order valence-corrected chi connectivity index (χ3v) is 2.49. The van der Waals surface area contributed by atoms with Crippen LogP contribution in [0.2, 0.25) is 0 Å². The van der Waals surface area contributed by atoms with E-state index in [4.69, 9.17) is 0 Å². The molecular formula is C13H14N2O. The standard InChI is InChI=1S/C13H14N2O/c1-10(2)15-13(12(9-16)8-14-15)11-6-4-3-5-7-11/h3-10H,1-2H3. The fourth-order valence-corrected chi connectivity index (χ4v) is 1.75. The Kier molecular flexibility index (Phi) is 2.86. The normalized spacial score (nSPS) is 10.7. The average Bonchev–Trinajstić information content (AvgIpc) is 2.73. The minimum absolute atomic E-state index is 0.240. The molecule has 1 heterocycles. The molecule has 0 spiro atoms. The zero-order valence-corrected chi connectivity index (χ0v) is 9.42. The summed E-state index contributed by atoms with van der Waals surface area (Å²) in [7, 11) is 0. The molecule has 0 saturated carbocycles. The first-order valence-corrected chi connectivity index (χ1v) is 5.32.